The number of aliphatic carboxylic acids is 1. The van der Waals surface area contributed by atoms with Gasteiger partial charge in [0.1, 0.15) is 6.04 Å². The average Bonchev–Trinajstić information content (AvgIpc) is 2.65. The lowest BCUT2D eigenvalue weighted by molar-refractivity contribution is -0.138. The molecule has 3 N–H and O–H groups in total. The van der Waals surface area contributed by atoms with Gasteiger partial charge >= 0.3 is 12.0 Å². The SMILES string of the molecule is CC(C)c1csc(NC(=O)N[C@@H](C)C(=O)O)n1. The summed E-state index contributed by atoms with van der Waals surface area (Å²) >= 11 is 1.31. The number of nitrogens with zero attached hydrogens (tertiary/aromatic N) is 1. The molecule has 0 unspecified atom stereocenters. The Labute approximate surface area is 103 Å². The summed E-state index contributed by atoms with van der Waals surface area (Å²) in [6, 6.07) is -1.50. The van der Waals surface area contributed by atoms with Crippen molar-refractivity contribution in [2.45, 2.75) is 32.7 Å². The molecule has 94 valence electrons. The van der Waals surface area contributed by atoms with E-state index in [1.807, 2.05) is 19.2 Å². The zero-order chi connectivity index (χ0) is 13.0. The van der Waals surface area contributed by atoms with E-state index in [9.17, 15) is 9.59 Å². The first-order valence-electron chi connectivity index (χ1n) is 5.16. The maximum Gasteiger partial charge on any atom is 0.325 e. The van der Waals surface area contributed by atoms with Crippen LogP contribution in [0.2, 0.25) is 0 Å². The highest BCUT2D eigenvalue weighted by Gasteiger charge is 2.15. The maximum atomic E-state index is 11.4. The van der Waals surface area contributed by atoms with Crippen molar-refractivity contribution >= 4 is 28.5 Å². The van der Waals surface area contributed by atoms with Gasteiger partial charge in [-0.15, -0.1) is 11.3 Å². The molecule has 0 bridgehead atoms. The molecule has 0 aliphatic carbocycles. The Kier molecular flexibility index (Phi) is 4.45. The van der Waals surface area contributed by atoms with Gasteiger partial charge in [-0.05, 0) is 12.8 Å². The zero-order valence-corrected chi connectivity index (χ0v) is 10.7. The van der Waals surface area contributed by atoms with Crippen molar-refractivity contribution in [3.8, 4) is 0 Å². The summed E-state index contributed by atoms with van der Waals surface area (Å²) in [4.78, 5) is 26.1. The molecule has 1 aromatic heterocycles. The van der Waals surface area contributed by atoms with E-state index in [2.05, 4.69) is 15.6 Å². The fraction of sp³-hybridized carbons (Fsp3) is 0.500. The third-order valence-electron chi connectivity index (χ3n) is 2.05. The van der Waals surface area contributed by atoms with E-state index >= 15 is 0 Å². The summed E-state index contributed by atoms with van der Waals surface area (Å²) in [6.45, 7) is 5.40. The van der Waals surface area contributed by atoms with E-state index in [1.54, 1.807) is 0 Å². The van der Waals surface area contributed by atoms with Gasteiger partial charge in [-0.2, -0.15) is 0 Å². The molecule has 0 aromatic carbocycles. The summed E-state index contributed by atoms with van der Waals surface area (Å²) in [6.07, 6.45) is 0. The summed E-state index contributed by atoms with van der Waals surface area (Å²) in [5, 5.41) is 15.7. The second-order valence-electron chi connectivity index (χ2n) is 3.89. The lowest BCUT2D eigenvalue weighted by atomic mass is 10.2. The quantitative estimate of drug-likeness (QED) is 0.767. The van der Waals surface area contributed by atoms with Gasteiger partial charge in [-0.1, -0.05) is 13.8 Å². The van der Waals surface area contributed by atoms with Crippen LogP contribution in [0.4, 0.5) is 9.93 Å². The van der Waals surface area contributed by atoms with Crippen molar-refractivity contribution in [3.05, 3.63) is 11.1 Å². The molecule has 0 fully saturated rings. The highest BCUT2D eigenvalue weighted by Crippen LogP contribution is 2.21. The number of nitrogens with one attached hydrogen (secondary N) is 2. The van der Waals surface area contributed by atoms with Crippen LogP contribution in [0, 0.1) is 0 Å². The minimum atomic E-state index is -1.08. The van der Waals surface area contributed by atoms with Gasteiger partial charge in [0.2, 0.25) is 0 Å². The molecule has 7 heteroatoms. The number of amides is 2. The lowest BCUT2D eigenvalue weighted by Crippen LogP contribution is -2.40. The number of hydrogen-bond donors (Lipinski definition) is 3. The molecular weight excluding hydrogens is 242 g/mol. The minimum Gasteiger partial charge on any atom is -0.480 e. The molecule has 0 saturated carbocycles. The molecular formula is C10H15N3O3S. The maximum absolute atomic E-state index is 11.4. The Morgan fingerprint density at radius 1 is 1.41 bits per heavy atom. The second kappa shape index (κ2) is 5.62. The molecule has 0 saturated heterocycles. The Balaban J connectivity index is 2.53. The number of carboxylic acid groups (broad SMARTS) is 1. The third-order valence-corrected chi connectivity index (χ3v) is 2.83. The predicted octanol–water partition coefficient (Wildman–Crippen LogP) is 1.86. The van der Waals surface area contributed by atoms with Gasteiger partial charge < -0.3 is 10.4 Å². The molecule has 17 heavy (non-hydrogen) atoms. The Morgan fingerprint density at radius 2 is 2.06 bits per heavy atom. The second-order valence-corrected chi connectivity index (χ2v) is 4.75. The number of carboxylic acids is 1. The third kappa shape index (κ3) is 4.03. The van der Waals surface area contributed by atoms with Crippen LogP contribution in [0.15, 0.2) is 5.38 Å². The van der Waals surface area contributed by atoms with Crippen LogP contribution in [0.25, 0.3) is 0 Å². The molecule has 1 heterocycles. The van der Waals surface area contributed by atoms with E-state index in [-0.39, 0.29) is 0 Å². The molecule has 0 aliphatic heterocycles. The number of urea groups is 1. The first-order valence-corrected chi connectivity index (χ1v) is 6.04. The predicted molar refractivity (Wildman–Crippen MR) is 65.5 cm³/mol. The highest BCUT2D eigenvalue weighted by molar-refractivity contribution is 7.13. The van der Waals surface area contributed by atoms with Crippen molar-refractivity contribution in [2.24, 2.45) is 0 Å². The lowest BCUT2D eigenvalue weighted by Gasteiger charge is -2.08. The Bertz CT molecular complexity index is 417. The molecule has 0 aliphatic rings. The van der Waals surface area contributed by atoms with Crippen molar-refractivity contribution < 1.29 is 14.7 Å². The molecule has 0 radical (unpaired) electrons. The monoisotopic (exact) mass is 257 g/mol. The molecule has 1 rings (SSSR count). The normalized spacial score (nSPS) is 12.2. The van der Waals surface area contributed by atoms with Crippen LogP contribution in [0.1, 0.15) is 32.4 Å². The Hall–Kier alpha value is -1.63. The first kappa shape index (κ1) is 13.4. The minimum absolute atomic E-state index is 0.294. The number of anilines is 1. The number of aromatic nitrogens is 1. The van der Waals surface area contributed by atoms with Crippen molar-refractivity contribution in [2.75, 3.05) is 5.32 Å². The molecule has 2 amide bonds. The van der Waals surface area contributed by atoms with Crippen LogP contribution in [-0.4, -0.2) is 28.1 Å². The molecule has 6 nitrogen and oxygen atoms in total. The molecule has 1 atom stereocenters. The van der Waals surface area contributed by atoms with Crippen LogP contribution < -0.4 is 10.6 Å². The highest BCUT2D eigenvalue weighted by atomic mass is 32.1. The number of hydrogen-bond acceptors (Lipinski definition) is 4. The van der Waals surface area contributed by atoms with Gasteiger partial charge in [-0.3, -0.25) is 10.1 Å². The van der Waals surface area contributed by atoms with E-state index in [0.717, 1.165) is 5.69 Å². The Morgan fingerprint density at radius 3 is 2.53 bits per heavy atom. The summed E-state index contributed by atoms with van der Waals surface area (Å²) in [5.41, 5.74) is 0.900. The fourth-order valence-electron chi connectivity index (χ4n) is 1.00. The van der Waals surface area contributed by atoms with E-state index < -0.39 is 18.0 Å². The standard InChI is InChI=1S/C10H15N3O3S/c1-5(2)7-4-17-10(12-7)13-9(16)11-6(3)8(14)15/h4-6H,1-3H3,(H,14,15)(H2,11,12,13,16)/t6-/m0/s1. The number of thiazole rings is 1. The number of rotatable bonds is 4. The van der Waals surface area contributed by atoms with Crippen LogP contribution in [0.5, 0.6) is 0 Å². The zero-order valence-electron chi connectivity index (χ0n) is 9.85. The van der Waals surface area contributed by atoms with E-state index in [1.165, 1.54) is 18.3 Å². The van der Waals surface area contributed by atoms with Gasteiger partial charge in [0, 0.05) is 5.38 Å². The first-order chi connectivity index (χ1) is 7.90. The van der Waals surface area contributed by atoms with Crippen LogP contribution in [-0.2, 0) is 4.79 Å². The van der Waals surface area contributed by atoms with Gasteiger partial charge in [0.25, 0.3) is 0 Å². The van der Waals surface area contributed by atoms with Gasteiger partial charge in [0.05, 0.1) is 5.69 Å². The van der Waals surface area contributed by atoms with Crippen LogP contribution in [0.3, 0.4) is 0 Å². The van der Waals surface area contributed by atoms with Crippen molar-refractivity contribution in [3.63, 3.8) is 0 Å². The number of carbonyl (C=O) groups is 2. The van der Waals surface area contributed by atoms with E-state index in [0.29, 0.717) is 11.0 Å². The van der Waals surface area contributed by atoms with Crippen molar-refractivity contribution in [1.29, 1.82) is 0 Å². The average molecular weight is 257 g/mol. The fourth-order valence-corrected chi connectivity index (χ4v) is 1.87. The largest absolute Gasteiger partial charge is 0.480 e. The summed E-state index contributed by atoms with van der Waals surface area (Å²) in [7, 11) is 0. The molecule has 0 spiro atoms. The van der Waals surface area contributed by atoms with Gasteiger partial charge in [0.15, 0.2) is 5.13 Å². The summed E-state index contributed by atoms with van der Waals surface area (Å²) in [5.74, 6) is -0.787. The van der Waals surface area contributed by atoms with Crippen LogP contribution >= 0.6 is 11.3 Å². The molecule has 1 aromatic rings. The van der Waals surface area contributed by atoms with Gasteiger partial charge in [-0.25, -0.2) is 9.78 Å². The van der Waals surface area contributed by atoms with Crippen molar-refractivity contribution in [1.82, 2.24) is 10.3 Å². The summed E-state index contributed by atoms with van der Waals surface area (Å²) < 4.78 is 0. The topological polar surface area (TPSA) is 91.3 Å². The number of carbonyl (C=O) groups excluding carboxylic acids is 1. The smallest absolute Gasteiger partial charge is 0.325 e. The van der Waals surface area contributed by atoms with E-state index in [4.69, 9.17) is 5.11 Å².